The van der Waals surface area contributed by atoms with Crippen molar-refractivity contribution < 1.29 is 23.2 Å². The molecule has 1 amide bonds. The molecule has 1 atom stereocenters. The van der Waals surface area contributed by atoms with Crippen molar-refractivity contribution in [3.8, 4) is 0 Å². The highest BCUT2D eigenvalue weighted by molar-refractivity contribution is 9.10. The average molecular weight is 429 g/mol. The van der Waals surface area contributed by atoms with Gasteiger partial charge < -0.3 is 19.3 Å². The van der Waals surface area contributed by atoms with E-state index in [2.05, 4.69) is 26.4 Å². The average Bonchev–Trinajstić information content (AvgIpc) is 3.10. The first kappa shape index (κ1) is 20.5. The summed E-state index contributed by atoms with van der Waals surface area (Å²) in [4.78, 5) is 12.1. The van der Waals surface area contributed by atoms with Crippen LogP contribution in [0.15, 0.2) is 33.3 Å². The summed E-state index contributed by atoms with van der Waals surface area (Å²) in [5.41, 5.74) is 0.900. The van der Waals surface area contributed by atoms with Crippen LogP contribution in [0, 0.1) is 11.7 Å². The maximum atomic E-state index is 13.4. The lowest BCUT2D eigenvalue weighted by Crippen LogP contribution is -2.31. The number of ether oxygens (including phenoxy) is 2. The van der Waals surface area contributed by atoms with Gasteiger partial charge in [-0.15, -0.1) is 0 Å². The Morgan fingerprint density at radius 2 is 2.19 bits per heavy atom. The van der Waals surface area contributed by atoms with Crippen LogP contribution in [-0.2, 0) is 22.7 Å². The monoisotopic (exact) mass is 428 g/mol. The molecular formula is C18H22BrFN2O4. The Labute approximate surface area is 160 Å². The van der Waals surface area contributed by atoms with Crippen LogP contribution in [0.1, 0.15) is 35.2 Å². The van der Waals surface area contributed by atoms with Crippen LogP contribution in [0.3, 0.4) is 0 Å². The standard InChI is InChI=1S/C18H22BrFN2O4/c1-3-12(9-24-2)8-21-18(23)17-7-14(26-22-17)11-25-10-13-4-5-15(19)16(20)6-13/h4-7,12H,3,8-11H2,1-2H3,(H,21,23). The predicted octanol–water partition coefficient (Wildman–Crippen LogP) is 3.70. The second-order valence-electron chi connectivity index (χ2n) is 5.86. The van der Waals surface area contributed by atoms with E-state index < -0.39 is 0 Å². The molecule has 26 heavy (non-hydrogen) atoms. The van der Waals surface area contributed by atoms with Crippen LogP contribution in [-0.4, -0.2) is 31.3 Å². The molecule has 1 N–H and O–H groups in total. The van der Waals surface area contributed by atoms with Gasteiger partial charge in [0.1, 0.15) is 12.4 Å². The SMILES string of the molecule is CCC(CNC(=O)c1cc(COCc2ccc(Br)c(F)c2)on1)COC. The van der Waals surface area contributed by atoms with Gasteiger partial charge in [-0.05, 0) is 46.0 Å². The van der Waals surface area contributed by atoms with E-state index in [1.807, 2.05) is 6.92 Å². The van der Waals surface area contributed by atoms with Gasteiger partial charge in [0.05, 0.1) is 17.7 Å². The van der Waals surface area contributed by atoms with Crippen LogP contribution < -0.4 is 5.32 Å². The molecule has 0 saturated heterocycles. The highest BCUT2D eigenvalue weighted by Gasteiger charge is 2.14. The number of aromatic nitrogens is 1. The summed E-state index contributed by atoms with van der Waals surface area (Å²) in [5, 5.41) is 6.57. The zero-order valence-corrected chi connectivity index (χ0v) is 16.3. The predicted molar refractivity (Wildman–Crippen MR) is 97.1 cm³/mol. The van der Waals surface area contributed by atoms with Gasteiger partial charge >= 0.3 is 0 Å². The van der Waals surface area contributed by atoms with Gasteiger partial charge in [-0.1, -0.05) is 18.1 Å². The smallest absolute Gasteiger partial charge is 0.273 e. The van der Waals surface area contributed by atoms with E-state index in [0.717, 1.165) is 6.42 Å². The van der Waals surface area contributed by atoms with Gasteiger partial charge in [-0.25, -0.2) is 4.39 Å². The molecule has 1 aromatic carbocycles. The Morgan fingerprint density at radius 1 is 1.38 bits per heavy atom. The van der Waals surface area contributed by atoms with Gasteiger partial charge in [0.25, 0.3) is 5.91 Å². The van der Waals surface area contributed by atoms with Crippen molar-refractivity contribution in [3.63, 3.8) is 0 Å². The number of amides is 1. The molecule has 1 unspecified atom stereocenters. The first-order chi connectivity index (χ1) is 12.5. The molecule has 2 aromatic rings. The molecule has 8 heteroatoms. The zero-order chi connectivity index (χ0) is 18.9. The van der Waals surface area contributed by atoms with Crippen molar-refractivity contribution in [3.05, 3.63) is 51.6 Å². The van der Waals surface area contributed by atoms with Gasteiger partial charge in [0.2, 0.25) is 0 Å². The van der Waals surface area contributed by atoms with E-state index >= 15 is 0 Å². The van der Waals surface area contributed by atoms with Crippen molar-refractivity contribution in [1.29, 1.82) is 0 Å². The molecular weight excluding hydrogens is 407 g/mol. The summed E-state index contributed by atoms with van der Waals surface area (Å²) in [6, 6.07) is 6.32. The number of rotatable bonds is 10. The Bertz CT molecular complexity index is 723. The maximum absolute atomic E-state index is 13.4. The number of halogens is 2. The summed E-state index contributed by atoms with van der Waals surface area (Å²) in [7, 11) is 1.64. The van der Waals surface area contributed by atoms with E-state index in [1.165, 1.54) is 12.1 Å². The number of benzene rings is 1. The largest absolute Gasteiger partial charge is 0.384 e. The Hall–Kier alpha value is -1.77. The van der Waals surface area contributed by atoms with E-state index in [-0.39, 0.29) is 36.5 Å². The van der Waals surface area contributed by atoms with E-state index in [4.69, 9.17) is 14.0 Å². The molecule has 0 bridgehead atoms. The van der Waals surface area contributed by atoms with Gasteiger partial charge in [-0.2, -0.15) is 0 Å². The van der Waals surface area contributed by atoms with Crippen LogP contribution in [0.25, 0.3) is 0 Å². The van der Waals surface area contributed by atoms with E-state index in [0.29, 0.717) is 28.9 Å². The minimum Gasteiger partial charge on any atom is -0.384 e. The number of carbonyl (C=O) groups excluding carboxylic acids is 1. The minimum absolute atomic E-state index is 0.138. The summed E-state index contributed by atoms with van der Waals surface area (Å²) < 4.78 is 29.5. The quantitative estimate of drug-likeness (QED) is 0.624. The summed E-state index contributed by atoms with van der Waals surface area (Å²) in [5.74, 6) is 0.0368. The van der Waals surface area contributed by atoms with Gasteiger partial charge in [0.15, 0.2) is 11.5 Å². The first-order valence-corrected chi connectivity index (χ1v) is 9.07. The van der Waals surface area contributed by atoms with Crippen molar-refractivity contribution in [2.45, 2.75) is 26.6 Å². The Balaban J connectivity index is 1.79. The number of hydrogen-bond acceptors (Lipinski definition) is 5. The summed E-state index contributed by atoms with van der Waals surface area (Å²) >= 11 is 3.10. The second kappa shape index (κ2) is 10.4. The second-order valence-corrected chi connectivity index (χ2v) is 6.71. The third kappa shape index (κ3) is 6.19. The third-order valence-corrected chi connectivity index (χ3v) is 4.46. The molecule has 0 aliphatic rings. The highest BCUT2D eigenvalue weighted by atomic mass is 79.9. The first-order valence-electron chi connectivity index (χ1n) is 8.27. The fourth-order valence-corrected chi connectivity index (χ4v) is 2.52. The highest BCUT2D eigenvalue weighted by Crippen LogP contribution is 2.17. The summed E-state index contributed by atoms with van der Waals surface area (Å²) in [6.07, 6.45) is 0.905. The topological polar surface area (TPSA) is 73.6 Å². The van der Waals surface area contributed by atoms with E-state index in [1.54, 1.807) is 19.2 Å². The van der Waals surface area contributed by atoms with Crippen LogP contribution >= 0.6 is 15.9 Å². The number of nitrogens with zero attached hydrogens (tertiary/aromatic N) is 1. The van der Waals surface area contributed by atoms with Crippen molar-refractivity contribution >= 4 is 21.8 Å². The molecule has 0 aliphatic carbocycles. The van der Waals surface area contributed by atoms with Gasteiger partial charge in [-0.3, -0.25) is 4.79 Å². The molecule has 2 rings (SSSR count). The number of hydrogen-bond donors (Lipinski definition) is 1. The molecule has 142 valence electrons. The van der Waals surface area contributed by atoms with Crippen molar-refractivity contribution in [1.82, 2.24) is 10.5 Å². The maximum Gasteiger partial charge on any atom is 0.273 e. The molecule has 6 nitrogen and oxygen atoms in total. The minimum atomic E-state index is -0.344. The molecule has 0 saturated carbocycles. The summed E-state index contributed by atoms with van der Waals surface area (Å²) in [6.45, 7) is 3.50. The number of methoxy groups -OCH3 is 1. The van der Waals surface area contributed by atoms with E-state index in [9.17, 15) is 9.18 Å². The Morgan fingerprint density at radius 3 is 2.88 bits per heavy atom. The molecule has 1 heterocycles. The molecule has 0 aliphatic heterocycles. The van der Waals surface area contributed by atoms with Crippen LogP contribution in [0.4, 0.5) is 4.39 Å². The van der Waals surface area contributed by atoms with Crippen molar-refractivity contribution in [2.75, 3.05) is 20.3 Å². The normalized spacial score (nSPS) is 12.2. The molecule has 1 aromatic heterocycles. The van der Waals surface area contributed by atoms with Gasteiger partial charge in [0, 0.05) is 19.7 Å². The molecule has 0 fully saturated rings. The Kier molecular flexibility index (Phi) is 8.21. The zero-order valence-electron chi connectivity index (χ0n) is 14.8. The lowest BCUT2D eigenvalue weighted by Gasteiger charge is -2.13. The van der Waals surface area contributed by atoms with Crippen molar-refractivity contribution in [2.24, 2.45) is 5.92 Å². The lowest BCUT2D eigenvalue weighted by molar-refractivity contribution is 0.0873. The lowest BCUT2D eigenvalue weighted by atomic mass is 10.1. The van der Waals surface area contributed by atoms with Crippen LogP contribution in [0.5, 0.6) is 0 Å². The number of nitrogens with one attached hydrogen (secondary N) is 1. The fourth-order valence-electron chi connectivity index (χ4n) is 2.27. The molecule has 0 radical (unpaired) electrons. The number of carbonyl (C=O) groups is 1. The molecule has 0 spiro atoms. The fraction of sp³-hybridized carbons (Fsp3) is 0.444. The third-order valence-electron chi connectivity index (χ3n) is 3.82. The van der Waals surface area contributed by atoms with Crippen LogP contribution in [0.2, 0.25) is 0 Å².